The molecule has 2 rings (SSSR count). The summed E-state index contributed by atoms with van der Waals surface area (Å²) in [5.41, 5.74) is 1.95. The molecule has 0 saturated heterocycles. The molecule has 4 nitrogen and oxygen atoms in total. The lowest BCUT2D eigenvalue weighted by atomic mass is 10.1. The number of aromatic nitrogens is 1. The van der Waals surface area contributed by atoms with E-state index in [1.54, 1.807) is 6.92 Å². The number of benzene rings is 1. The number of ether oxygens (including phenoxy) is 1. The number of fused-ring (bicyclic) bond motifs is 1. The van der Waals surface area contributed by atoms with Crippen LogP contribution in [-0.4, -0.2) is 23.3 Å². The molecule has 1 aromatic carbocycles. The Bertz CT molecular complexity index is 598. The number of hydrogen-bond acceptors (Lipinski definition) is 3. The normalized spacial score (nSPS) is 10.6. The van der Waals surface area contributed by atoms with E-state index >= 15 is 0 Å². The van der Waals surface area contributed by atoms with E-state index in [0.29, 0.717) is 17.7 Å². The molecule has 0 fully saturated rings. The van der Waals surface area contributed by atoms with Gasteiger partial charge in [0.05, 0.1) is 12.2 Å². The Kier molecular flexibility index (Phi) is 3.46. The highest BCUT2D eigenvalue weighted by molar-refractivity contribution is 6.43. The second-order valence-corrected chi connectivity index (χ2v) is 4.14. The first-order valence-electron chi connectivity index (χ1n) is 5.94. The summed E-state index contributed by atoms with van der Waals surface area (Å²) in [4.78, 5) is 26.8. The van der Waals surface area contributed by atoms with E-state index < -0.39 is 11.8 Å². The van der Waals surface area contributed by atoms with E-state index in [4.69, 9.17) is 4.74 Å². The smallest absolute Gasteiger partial charge is 0.379 e. The lowest BCUT2D eigenvalue weighted by Crippen LogP contribution is -2.18. The van der Waals surface area contributed by atoms with E-state index in [0.717, 1.165) is 10.9 Å². The van der Waals surface area contributed by atoms with Gasteiger partial charge in [-0.2, -0.15) is 0 Å². The summed E-state index contributed by atoms with van der Waals surface area (Å²) in [6.45, 7) is 3.93. The summed E-state index contributed by atoms with van der Waals surface area (Å²) in [6.07, 6.45) is 0.700. The molecule has 0 amide bonds. The van der Waals surface area contributed by atoms with Crippen LogP contribution in [-0.2, 0) is 9.53 Å². The van der Waals surface area contributed by atoms with Crippen molar-refractivity contribution < 1.29 is 14.3 Å². The number of esters is 1. The first kappa shape index (κ1) is 12.4. The second kappa shape index (κ2) is 5.04. The van der Waals surface area contributed by atoms with Crippen LogP contribution in [0.15, 0.2) is 24.3 Å². The van der Waals surface area contributed by atoms with E-state index in [1.807, 2.05) is 31.2 Å². The monoisotopic (exact) mass is 245 g/mol. The largest absolute Gasteiger partial charge is 0.460 e. The Hall–Kier alpha value is -2.10. The molecule has 1 N–H and O–H groups in total. The average Bonchev–Trinajstić information content (AvgIpc) is 2.70. The summed E-state index contributed by atoms with van der Waals surface area (Å²) in [7, 11) is 0. The minimum Gasteiger partial charge on any atom is -0.460 e. The van der Waals surface area contributed by atoms with Crippen molar-refractivity contribution in [3.05, 3.63) is 35.5 Å². The van der Waals surface area contributed by atoms with Gasteiger partial charge in [0.1, 0.15) is 0 Å². The Morgan fingerprint density at radius 3 is 2.72 bits per heavy atom. The number of Topliss-reactive ketones (excluding diaryl/α,β-unsaturated/α-hetero) is 1. The van der Waals surface area contributed by atoms with Crippen LogP contribution in [0.1, 0.15) is 29.4 Å². The summed E-state index contributed by atoms with van der Waals surface area (Å²) in [5, 5.41) is 0.758. The first-order valence-corrected chi connectivity index (χ1v) is 5.94. The number of carbonyl (C=O) groups is 2. The molecule has 1 aromatic heterocycles. The third kappa shape index (κ3) is 2.14. The quantitative estimate of drug-likeness (QED) is 0.511. The molecule has 1 heterocycles. The van der Waals surface area contributed by atoms with Crippen LogP contribution in [0.5, 0.6) is 0 Å². The molecule has 2 aromatic rings. The maximum absolute atomic E-state index is 12.1. The van der Waals surface area contributed by atoms with Gasteiger partial charge in [-0.1, -0.05) is 25.1 Å². The number of aryl methyl sites for hydroxylation is 1. The summed E-state index contributed by atoms with van der Waals surface area (Å²) < 4.78 is 4.88. The molecule has 0 spiro atoms. The maximum atomic E-state index is 12.1. The van der Waals surface area contributed by atoms with Crippen LogP contribution < -0.4 is 0 Å². The number of para-hydroxylation sites is 1. The number of H-pyrrole nitrogens is 1. The van der Waals surface area contributed by atoms with Crippen molar-refractivity contribution in [2.75, 3.05) is 6.61 Å². The van der Waals surface area contributed by atoms with Gasteiger partial charge in [-0.05, 0) is 19.4 Å². The highest BCUT2D eigenvalue weighted by Gasteiger charge is 2.23. The van der Waals surface area contributed by atoms with Crippen LogP contribution in [0, 0.1) is 6.92 Å². The third-order valence-corrected chi connectivity index (χ3v) is 2.74. The first-order chi connectivity index (χ1) is 8.65. The zero-order chi connectivity index (χ0) is 13.1. The molecule has 4 heteroatoms. The van der Waals surface area contributed by atoms with E-state index in [9.17, 15) is 9.59 Å². The summed E-state index contributed by atoms with van der Waals surface area (Å²) in [5.74, 6) is -1.37. The lowest BCUT2D eigenvalue weighted by Gasteiger charge is -2.02. The standard InChI is InChI=1S/C14H15NO3/c1-3-8-18-14(17)13(16)12-9(2)15-11-7-5-4-6-10(11)12/h4-7,15H,3,8H2,1-2H3. The number of aromatic amines is 1. The molecule has 0 bridgehead atoms. The van der Waals surface area contributed by atoms with Gasteiger partial charge in [0.25, 0.3) is 5.78 Å². The van der Waals surface area contributed by atoms with Crippen molar-refractivity contribution in [3.63, 3.8) is 0 Å². The molecule has 0 unspecified atom stereocenters. The fourth-order valence-corrected chi connectivity index (χ4v) is 1.93. The van der Waals surface area contributed by atoms with Crippen LogP contribution in [0.2, 0.25) is 0 Å². The summed E-state index contributed by atoms with van der Waals surface area (Å²) >= 11 is 0. The van der Waals surface area contributed by atoms with E-state index in [2.05, 4.69) is 4.98 Å². The predicted octanol–water partition coefficient (Wildman–Crippen LogP) is 2.61. The fourth-order valence-electron chi connectivity index (χ4n) is 1.93. The fraction of sp³-hybridized carbons (Fsp3) is 0.286. The molecule has 0 saturated carbocycles. The van der Waals surface area contributed by atoms with Crippen molar-refractivity contribution in [1.29, 1.82) is 0 Å². The molecule has 0 radical (unpaired) electrons. The molecular weight excluding hydrogens is 230 g/mol. The lowest BCUT2D eigenvalue weighted by molar-refractivity contribution is -0.138. The van der Waals surface area contributed by atoms with Crippen LogP contribution >= 0.6 is 0 Å². The zero-order valence-corrected chi connectivity index (χ0v) is 10.4. The minimum absolute atomic E-state index is 0.270. The SMILES string of the molecule is CCCOC(=O)C(=O)c1c(C)[nH]c2ccccc12. The van der Waals surface area contributed by atoms with Gasteiger partial charge in [0.15, 0.2) is 0 Å². The van der Waals surface area contributed by atoms with Crippen LogP contribution in [0.4, 0.5) is 0 Å². The minimum atomic E-state index is -0.787. The van der Waals surface area contributed by atoms with Gasteiger partial charge in [-0.25, -0.2) is 4.79 Å². The number of rotatable bonds is 4. The Morgan fingerprint density at radius 1 is 1.28 bits per heavy atom. The van der Waals surface area contributed by atoms with Crippen molar-refractivity contribution in [2.45, 2.75) is 20.3 Å². The third-order valence-electron chi connectivity index (χ3n) is 2.74. The Morgan fingerprint density at radius 2 is 2.00 bits per heavy atom. The van der Waals surface area contributed by atoms with E-state index in [1.165, 1.54) is 0 Å². The number of nitrogens with one attached hydrogen (secondary N) is 1. The van der Waals surface area contributed by atoms with Crippen LogP contribution in [0.3, 0.4) is 0 Å². The highest BCUT2D eigenvalue weighted by Crippen LogP contribution is 2.22. The van der Waals surface area contributed by atoms with E-state index in [-0.39, 0.29) is 6.61 Å². The Balaban J connectivity index is 2.38. The zero-order valence-electron chi connectivity index (χ0n) is 10.4. The molecule has 18 heavy (non-hydrogen) atoms. The predicted molar refractivity (Wildman–Crippen MR) is 68.6 cm³/mol. The van der Waals surface area contributed by atoms with Crippen molar-refractivity contribution in [1.82, 2.24) is 4.98 Å². The highest BCUT2D eigenvalue weighted by atomic mass is 16.5. The average molecular weight is 245 g/mol. The molecule has 0 aliphatic heterocycles. The van der Waals surface area contributed by atoms with Gasteiger partial charge in [0.2, 0.25) is 0 Å². The number of hydrogen-bond donors (Lipinski definition) is 1. The Labute approximate surface area is 105 Å². The second-order valence-electron chi connectivity index (χ2n) is 4.14. The van der Waals surface area contributed by atoms with Gasteiger partial charge in [-0.3, -0.25) is 4.79 Å². The van der Waals surface area contributed by atoms with Gasteiger partial charge < -0.3 is 9.72 Å². The molecular formula is C14H15NO3. The number of ketones is 1. The van der Waals surface area contributed by atoms with Gasteiger partial charge >= 0.3 is 5.97 Å². The summed E-state index contributed by atoms with van der Waals surface area (Å²) in [6, 6.07) is 7.40. The van der Waals surface area contributed by atoms with Crippen molar-refractivity contribution >= 4 is 22.7 Å². The maximum Gasteiger partial charge on any atom is 0.379 e. The van der Waals surface area contributed by atoms with Crippen molar-refractivity contribution in [2.24, 2.45) is 0 Å². The molecule has 0 atom stereocenters. The van der Waals surface area contributed by atoms with Crippen molar-refractivity contribution in [3.8, 4) is 0 Å². The topological polar surface area (TPSA) is 59.2 Å². The van der Waals surface area contributed by atoms with Crippen LogP contribution in [0.25, 0.3) is 10.9 Å². The molecule has 0 aliphatic rings. The molecule has 94 valence electrons. The van der Waals surface area contributed by atoms with Gasteiger partial charge in [0, 0.05) is 16.6 Å². The van der Waals surface area contributed by atoms with Gasteiger partial charge in [-0.15, -0.1) is 0 Å². The number of carbonyl (C=O) groups excluding carboxylic acids is 2. The molecule has 0 aliphatic carbocycles.